The number of ether oxygens (including phenoxy) is 2. The molecule has 116 valence electrons. The third-order valence-corrected chi connectivity index (χ3v) is 3.63. The number of amides is 1. The SMILES string of the molecule is CCN(CC1CCCO1)C(=O)CCOc1cccc(N)c1. The van der Waals surface area contributed by atoms with E-state index in [1.54, 1.807) is 12.1 Å². The van der Waals surface area contributed by atoms with Gasteiger partial charge in [0.15, 0.2) is 0 Å². The molecule has 0 bridgehead atoms. The molecule has 5 nitrogen and oxygen atoms in total. The van der Waals surface area contributed by atoms with Gasteiger partial charge in [-0.3, -0.25) is 4.79 Å². The summed E-state index contributed by atoms with van der Waals surface area (Å²) in [6, 6.07) is 7.24. The zero-order valence-electron chi connectivity index (χ0n) is 12.6. The lowest BCUT2D eigenvalue weighted by Crippen LogP contribution is -2.37. The summed E-state index contributed by atoms with van der Waals surface area (Å²) in [7, 11) is 0. The molecule has 21 heavy (non-hydrogen) atoms. The third kappa shape index (κ3) is 4.93. The van der Waals surface area contributed by atoms with Crippen molar-refractivity contribution >= 4 is 11.6 Å². The lowest BCUT2D eigenvalue weighted by Gasteiger charge is -2.24. The van der Waals surface area contributed by atoms with Gasteiger partial charge in [0, 0.05) is 31.5 Å². The molecular formula is C16H24N2O3. The Morgan fingerprint density at radius 2 is 2.38 bits per heavy atom. The van der Waals surface area contributed by atoms with Crippen molar-refractivity contribution in [3.8, 4) is 5.75 Å². The molecule has 1 fully saturated rings. The molecule has 1 aliphatic rings. The van der Waals surface area contributed by atoms with Crippen molar-refractivity contribution < 1.29 is 14.3 Å². The molecule has 1 atom stereocenters. The summed E-state index contributed by atoms with van der Waals surface area (Å²) in [6.45, 7) is 4.56. The Balaban J connectivity index is 1.74. The van der Waals surface area contributed by atoms with Crippen molar-refractivity contribution in [3.05, 3.63) is 24.3 Å². The number of carbonyl (C=O) groups excluding carboxylic acids is 1. The van der Waals surface area contributed by atoms with Crippen LogP contribution in [-0.4, -0.2) is 43.2 Å². The zero-order valence-corrected chi connectivity index (χ0v) is 12.6. The highest BCUT2D eigenvalue weighted by atomic mass is 16.5. The highest BCUT2D eigenvalue weighted by Crippen LogP contribution is 2.16. The average molecular weight is 292 g/mol. The molecule has 1 aromatic carbocycles. The Bertz CT molecular complexity index is 459. The fraction of sp³-hybridized carbons (Fsp3) is 0.562. The van der Waals surface area contributed by atoms with E-state index in [2.05, 4.69) is 0 Å². The van der Waals surface area contributed by atoms with Gasteiger partial charge in [-0.25, -0.2) is 0 Å². The van der Waals surface area contributed by atoms with Crippen LogP contribution >= 0.6 is 0 Å². The van der Waals surface area contributed by atoms with E-state index in [0.29, 0.717) is 37.6 Å². The standard InChI is InChI=1S/C16H24N2O3/c1-2-18(12-15-7-4-9-20-15)16(19)8-10-21-14-6-3-5-13(17)11-14/h3,5-6,11,15H,2,4,7-10,12,17H2,1H3. The van der Waals surface area contributed by atoms with Crippen molar-refractivity contribution in [2.75, 3.05) is 32.0 Å². The van der Waals surface area contributed by atoms with E-state index in [-0.39, 0.29) is 12.0 Å². The Hall–Kier alpha value is -1.75. The molecule has 0 aliphatic carbocycles. The molecule has 1 amide bonds. The van der Waals surface area contributed by atoms with Gasteiger partial charge in [0.05, 0.1) is 19.1 Å². The predicted octanol–water partition coefficient (Wildman–Crippen LogP) is 2.07. The van der Waals surface area contributed by atoms with Gasteiger partial charge >= 0.3 is 0 Å². The Morgan fingerprint density at radius 3 is 3.05 bits per heavy atom. The number of likely N-dealkylation sites (N-methyl/N-ethyl adjacent to an activating group) is 1. The van der Waals surface area contributed by atoms with E-state index in [4.69, 9.17) is 15.2 Å². The van der Waals surface area contributed by atoms with Crippen LogP contribution in [-0.2, 0) is 9.53 Å². The van der Waals surface area contributed by atoms with E-state index in [1.165, 1.54) is 0 Å². The van der Waals surface area contributed by atoms with Gasteiger partial charge < -0.3 is 20.1 Å². The summed E-state index contributed by atoms with van der Waals surface area (Å²) >= 11 is 0. The lowest BCUT2D eigenvalue weighted by atomic mass is 10.2. The molecule has 0 saturated carbocycles. The largest absolute Gasteiger partial charge is 0.493 e. The molecule has 1 aromatic rings. The Kier molecular flexibility index (Phi) is 5.87. The zero-order chi connectivity index (χ0) is 15.1. The molecule has 1 heterocycles. The van der Waals surface area contributed by atoms with Crippen molar-refractivity contribution in [1.82, 2.24) is 4.90 Å². The summed E-state index contributed by atoms with van der Waals surface area (Å²) in [6.07, 6.45) is 2.71. The first-order chi connectivity index (χ1) is 10.2. The van der Waals surface area contributed by atoms with E-state index in [1.807, 2.05) is 24.0 Å². The van der Waals surface area contributed by atoms with Crippen LogP contribution < -0.4 is 10.5 Å². The van der Waals surface area contributed by atoms with Crippen LogP contribution in [0.3, 0.4) is 0 Å². The quantitative estimate of drug-likeness (QED) is 0.781. The van der Waals surface area contributed by atoms with Crippen molar-refractivity contribution in [1.29, 1.82) is 0 Å². The number of benzene rings is 1. The number of hydrogen-bond acceptors (Lipinski definition) is 4. The second-order valence-corrected chi connectivity index (χ2v) is 5.24. The lowest BCUT2D eigenvalue weighted by molar-refractivity contribution is -0.133. The number of carbonyl (C=O) groups is 1. The van der Waals surface area contributed by atoms with Crippen LogP contribution in [0.5, 0.6) is 5.75 Å². The minimum atomic E-state index is 0.108. The first kappa shape index (κ1) is 15.6. The number of hydrogen-bond donors (Lipinski definition) is 1. The molecular weight excluding hydrogens is 268 g/mol. The van der Waals surface area contributed by atoms with Gasteiger partial charge in [-0.1, -0.05) is 6.07 Å². The maximum atomic E-state index is 12.2. The minimum Gasteiger partial charge on any atom is -0.493 e. The molecule has 0 spiro atoms. The Labute approximate surface area is 126 Å². The third-order valence-electron chi connectivity index (χ3n) is 3.63. The highest BCUT2D eigenvalue weighted by Gasteiger charge is 2.21. The van der Waals surface area contributed by atoms with Crippen molar-refractivity contribution in [2.24, 2.45) is 0 Å². The number of anilines is 1. The fourth-order valence-electron chi connectivity index (χ4n) is 2.46. The summed E-state index contributed by atoms with van der Waals surface area (Å²) < 4.78 is 11.1. The maximum absolute atomic E-state index is 12.2. The first-order valence-corrected chi connectivity index (χ1v) is 7.56. The second-order valence-electron chi connectivity index (χ2n) is 5.24. The molecule has 2 rings (SSSR count). The second kappa shape index (κ2) is 7.88. The van der Waals surface area contributed by atoms with Crippen LogP contribution in [0.15, 0.2) is 24.3 Å². The molecule has 0 aromatic heterocycles. The number of rotatable bonds is 7. The molecule has 1 saturated heterocycles. The molecule has 0 radical (unpaired) electrons. The molecule has 5 heteroatoms. The molecule has 1 aliphatic heterocycles. The predicted molar refractivity (Wildman–Crippen MR) is 82.2 cm³/mol. The van der Waals surface area contributed by atoms with E-state index >= 15 is 0 Å². The van der Waals surface area contributed by atoms with Gasteiger partial charge in [0.1, 0.15) is 5.75 Å². The molecule has 1 unspecified atom stereocenters. The van der Waals surface area contributed by atoms with Gasteiger partial charge in [-0.05, 0) is 31.9 Å². The average Bonchev–Trinajstić information content (AvgIpc) is 2.97. The van der Waals surface area contributed by atoms with Crippen LogP contribution in [0.4, 0.5) is 5.69 Å². The fourth-order valence-corrected chi connectivity index (χ4v) is 2.46. The topological polar surface area (TPSA) is 64.8 Å². The van der Waals surface area contributed by atoms with Crippen LogP contribution in [0.2, 0.25) is 0 Å². The minimum absolute atomic E-state index is 0.108. The summed E-state index contributed by atoms with van der Waals surface area (Å²) in [4.78, 5) is 14.0. The summed E-state index contributed by atoms with van der Waals surface area (Å²) in [5, 5.41) is 0. The van der Waals surface area contributed by atoms with Gasteiger partial charge in [-0.2, -0.15) is 0 Å². The highest BCUT2D eigenvalue weighted by molar-refractivity contribution is 5.76. The maximum Gasteiger partial charge on any atom is 0.226 e. The van der Waals surface area contributed by atoms with Crippen LogP contribution in [0, 0.1) is 0 Å². The number of nitrogen functional groups attached to an aromatic ring is 1. The van der Waals surface area contributed by atoms with Crippen LogP contribution in [0.25, 0.3) is 0 Å². The number of nitrogens with two attached hydrogens (primary N) is 1. The smallest absolute Gasteiger partial charge is 0.226 e. The van der Waals surface area contributed by atoms with Crippen molar-refractivity contribution in [2.45, 2.75) is 32.3 Å². The van der Waals surface area contributed by atoms with Gasteiger partial charge in [0.2, 0.25) is 5.91 Å². The van der Waals surface area contributed by atoms with E-state index in [9.17, 15) is 4.79 Å². The van der Waals surface area contributed by atoms with Crippen molar-refractivity contribution in [3.63, 3.8) is 0 Å². The van der Waals surface area contributed by atoms with E-state index in [0.717, 1.165) is 19.4 Å². The summed E-state index contributed by atoms with van der Waals surface area (Å²) in [5.74, 6) is 0.807. The van der Waals surface area contributed by atoms with Gasteiger partial charge in [0.25, 0.3) is 0 Å². The number of nitrogens with zero attached hydrogens (tertiary/aromatic N) is 1. The van der Waals surface area contributed by atoms with Gasteiger partial charge in [-0.15, -0.1) is 0 Å². The molecule has 2 N–H and O–H groups in total. The van der Waals surface area contributed by atoms with Crippen LogP contribution in [0.1, 0.15) is 26.2 Å². The monoisotopic (exact) mass is 292 g/mol. The van der Waals surface area contributed by atoms with E-state index < -0.39 is 0 Å². The summed E-state index contributed by atoms with van der Waals surface area (Å²) in [5.41, 5.74) is 6.34. The first-order valence-electron chi connectivity index (χ1n) is 7.56. The Morgan fingerprint density at radius 1 is 1.52 bits per heavy atom. The normalized spacial score (nSPS) is 17.7.